The molecule has 2 rings (SSSR count). The normalized spacial score (nSPS) is 28.1. The van der Waals surface area contributed by atoms with E-state index in [4.69, 9.17) is 12.2 Å². The maximum Gasteiger partial charge on any atom is 0.187 e. The topological polar surface area (TPSA) is 36.4 Å². The summed E-state index contributed by atoms with van der Waals surface area (Å²) in [4.78, 5) is 0. The van der Waals surface area contributed by atoms with Gasteiger partial charge in [0.1, 0.15) is 0 Å². The molecule has 0 saturated heterocycles. The average Bonchev–Trinajstić information content (AvgIpc) is 2.39. The molecule has 3 nitrogen and oxygen atoms in total. The van der Waals surface area contributed by atoms with Crippen molar-refractivity contribution in [1.82, 2.24) is 10.7 Å². The predicted octanol–water partition coefficient (Wildman–Crippen LogP) is 3.35. The molecule has 1 unspecified atom stereocenters. The number of nitrogens with zero attached hydrogens (tertiary/aromatic N) is 1. The maximum atomic E-state index is 5.31. The summed E-state index contributed by atoms with van der Waals surface area (Å²) < 4.78 is 0. The van der Waals surface area contributed by atoms with Gasteiger partial charge in [-0.3, -0.25) is 5.43 Å². The summed E-state index contributed by atoms with van der Waals surface area (Å²) in [7, 11) is 0. The second-order valence-electron chi connectivity index (χ2n) is 5.67. The quantitative estimate of drug-likeness (QED) is 0.595. The molecule has 2 N–H and O–H groups in total. The molecule has 4 heteroatoms. The van der Waals surface area contributed by atoms with Gasteiger partial charge in [0.25, 0.3) is 0 Å². The molecule has 0 aliphatic heterocycles. The van der Waals surface area contributed by atoms with Gasteiger partial charge in [-0.15, -0.1) is 0 Å². The Morgan fingerprint density at radius 2 is 1.83 bits per heavy atom. The van der Waals surface area contributed by atoms with Crippen LogP contribution in [0.15, 0.2) is 5.10 Å². The smallest absolute Gasteiger partial charge is 0.187 e. The number of nitrogens with one attached hydrogen (secondary N) is 2. The Morgan fingerprint density at radius 1 is 1.11 bits per heavy atom. The molecule has 2 fully saturated rings. The highest BCUT2D eigenvalue weighted by Crippen LogP contribution is 2.20. The van der Waals surface area contributed by atoms with Crippen molar-refractivity contribution in [3.8, 4) is 0 Å². The Morgan fingerprint density at radius 3 is 2.56 bits per heavy atom. The fourth-order valence-corrected chi connectivity index (χ4v) is 3.14. The van der Waals surface area contributed by atoms with Crippen molar-refractivity contribution < 1.29 is 0 Å². The zero-order valence-electron chi connectivity index (χ0n) is 11.4. The summed E-state index contributed by atoms with van der Waals surface area (Å²) in [5, 5.41) is 8.58. The molecule has 0 aromatic heterocycles. The molecule has 18 heavy (non-hydrogen) atoms. The third kappa shape index (κ3) is 4.23. The van der Waals surface area contributed by atoms with Gasteiger partial charge in [0.15, 0.2) is 5.11 Å². The van der Waals surface area contributed by atoms with Crippen LogP contribution in [0.1, 0.15) is 64.7 Å². The minimum atomic E-state index is 0.558. The standard InChI is InChI=1S/C14H25N3S/c1-11-7-5-6-10-13(11)16-17-14(18)15-12-8-3-2-4-9-12/h11-12H,2-10H2,1H3,(H2,15,17,18). The van der Waals surface area contributed by atoms with E-state index in [0.717, 1.165) is 6.42 Å². The van der Waals surface area contributed by atoms with Crippen LogP contribution in [0.2, 0.25) is 0 Å². The van der Waals surface area contributed by atoms with Crippen LogP contribution < -0.4 is 10.7 Å². The first-order valence-electron chi connectivity index (χ1n) is 7.38. The maximum absolute atomic E-state index is 5.31. The number of rotatable bonds is 2. The van der Waals surface area contributed by atoms with E-state index in [9.17, 15) is 0 Å². The van der Waals surface area contributed by atoms with Crippen LogP contribution in [-0.4, -0.2) is 16.9 Å². The Balaban J connectivity index is 1.74. The monoisotopic (exact) mass is 267 g/mol. The molecule has 102 valence electrons. The van der Waals surface area contributed by atoms with Crippen LogP contribution in [0, 0.1) is 5.92 Å². The zero-order chi connectivity index (χ0) is 12.8. The van der Waals surface area contributed by atoms with E-state index in [1.807, 2.05) is 0 Å². The summed E-state index contributed by atoms with van der Waals surface area (Å²) in [6.45, 7) is 2.26. The van der Waals surface area contributed by atoms with Crippen molar-refractivity contribution in [2.45, 2.75) is 70.8 Å². The predicted molar refractivity (Wildman–Crippen MR) is 80.8 cm³/mol. The molecule has 0 heterocycles. The summed E-state index contributed by atoms with van der Waals surface area (Å²) in [6.07, 6.45) is 11.5. The average molecular weight is 267 g/mol. The largest absolute Gasteiger partial charge is 0.359 e. The van der Waals surface area contributed by atoms with Gasteiger partial charge < -0.3 is 5.32 Å². The molecule has 0 aromatic rings. The number of hydrazone groups is 1. The molecule has 2 saturated carbocycles. The SMILES string of the molecule is CC1CCCCC1=NNC(=S)NC1CCCCC1. The third-order valence-corrected chi connectivity index (χ3v) is 4.34. The van der Waals surface area contributed by atoms with Crippen LogP contribution in [0.5, 0.6) is 0 Å². The molecular weight excluding hydrogens is 242 g/mol. The fraction of sp³-hybridized carbons (Fsp3) is 0.857. The number of thiocarbonyl (C=S) groups is 1. The van der Waals surface area contributed by atoms with Crippen LogP contribution >= 0.6 is 12.2 Å². The molecule has 0 aromatic carbocycles. The molecule has 0 amide bonds. The van der Waals surface area contributed by atoms with Crippen molar-refractivity contribution in [3.63, 3.8) is 0 Å². The van der Waals surface area contributed by atoms with Gasteiger partial charge in [-0.2, -0.15) is 5.10 Å². The molecule has 0 bridgehead atoms. The van der Waals surface area contributed by atoms with Gasteiger partial charge in [0.05, 0.1) is 0 Å². The van der Waals surface area contributed by atoms with E-state index in [-0.39, 0.29) is 0 Å². The Kier molecular flexibility index (Phi) is 5.42. The van der Waals surface area contributed by atoms with E-state index in [1.54, 1.807) is 0 Å². The van der Waals surface area contributed by atoms with Crippen LogP contribution in [-0.2, 0) is 0 Å². The second kappa shape index (κ2) is 7.07. The molecule has 1 atom stereocenters. The van der Waals surface area contributed by atoms with Gasteiger partial charge in [-0.25, -0.2) is 0 Å². The first-order chi connectivity index (χ1) is 8.75. The molecule has 2 aliphatic carbocycles. The van der Waals surface area contributed by atoms with E-state index >= 15 is 0 Å². The lowest BCUT2D eigenvalue weighted by Crippen LogP contribution is -2.41. The summed E-state index contributed by atoms with van der Waals surface area (Å²) >= 11 is 5.31. The van der Waals surface area contributed by atoms with Gasteiger partial charge in [-0.05, 0) is 50.2 Å². The summed E-state index contributed by atoms with van der Waals surface area (Å²) in [5.74, 6) is 0.615. The highest BCUT2D eigenvalue weighted by Gasteiger charge is 2.16. The first kappa shape index (κ1) is 13.8. The first-order valence-corrected chi connectivity index (χ1v) is 7.79. The van der Waals surface area contributed by atoms with Crippen molar-refractivity contribution in [2.75, 3.05) is 0 Å². The molecule has 0 spiro atoms. The Bertz CT molecular complexity index is 308. The minimum Gasteiger partial charge on any atom is -0.359 e. The van der Waals surface area contributed by atoms with Crippen molar-refractivity contribution in [3.05, 3.63) is 0 Å². The van der Waals surface area contributed by atoms with E-state index < -0.39 is 0 Å². The van der Waals surface area contributed by atoms with Crippen molar-refractivity contribution >= 4 is 23.0 Å². The van der Waals surface area contributed by atoms with E-state index in [2.05, 4.69) is 22.8 Å². The summed E-state index contributed by atoms with van der Waals surface area (Å²) in [6, 6.07) is 0.558. The molecule has 0 radical (unpaired) electrons. The fourth-order valence-electron chi connectivity index (χ4n) is 2.92. The molecule has 2 aliphatic rings. The van der Waals surface area contributed by atoms with Gasteiger partial charge in [-0.1, -0.05) is 32.6 Å². The van der Waals surface area contributed by atoms with Gasteiger partial charge in [0.2, 0.25) is 0 Å². The van der Waals surface area contributed by atoms with Gasteiger partial charge >= 0.3 is 0 Å². The van der Waals surface area contributed by atoms with Crippen LogP contribution in [0.25, 0.3) is 0 Å². The van der Waals surface area contributed by atoms with Crippen LogP contribution in [0.4, 0.5) is 0 Å². The number of hydrogen-bond donors (Lipinski definition) is 2. The van der Waals surface area contributed by atoms with Crippen LogP contribution in [0.3, 0.4) is 0 Å². The lowest BCUT2D eigenvalue weighted by Gasteiger charge is -2.24. The van der Waals surface area contributed by atoms with Crippen molar-refractivity contribution in [2.24, 2.45) is 11.0 Å². The van der Waals surface area contributed by atoms with E-state index in [1.165, 1.54) is 57.1 Å². The Labute approximate surface area is 116 Å². The highest BCUT2D eigenvalue weighted by atomic mass is 32.1. The van der Waals surface area contributed by atoms with E-state index in [0.29, 0.717) is 17.1 Å². The van der Waals surface area contributed by atoms with Crippen molar-refractivity contribution in [1.29, 1.82) is 0 Å². The lowest BCUT2D eigenvalue weighted by molar-refractivity contribution is 0.412. The highest BCUT2D eigenvalue weighted by molar-refractivity contribution is 7.80. The minimum absolute atomic E-state index is 0.558. The summed E-state index contributed by atoms with van der Waals surface area (Å²) in [5.41, 5.74) is 4.32. The molecular formula is C14H25N3S. The second-order valence-corrected chi connectivity index (χ2v) is 6.08. The van der Waals surface area contributed by atoms with Gasteiger partial charge in [0, 0.05) is 11.8 Å². The third-order valence-electron chi connectivity index (χ3n) is 4.13. The zero-order valence-corrected chi connectivity index (χ0v) is 12.2. The lowest BCUT2D eigenvalue weighted by atomic mass is 9.89. The Hall–Kier alpha value is -0.640. The number of hydrogen-bond acceptors (Lipinski definition) is 2.